The summed E-state index contributed by atoms with van der Waals surface area (Å²) in [7, 11) is 0. The Balaban J connectivity index is 1.50. The highest BCUT2D eigenvalue weighted by atomic mass is 32.1. The lowest BCUT2D eigenvalue weighted by Gasteiger charge is -2.35. The van der Waals surface area contributed by atoms with E-state index in [2.05, 4.69) is 5.32 Å². The fourth-order valence-corrected chi connectivity index (χ4v) is 6.04. The molecule has 0 unspecified atom stereocenters. The number of aryl methyl sites for hydroxylation is 1. The molecule has 1 aromatic heterocycles. The third-order valence-corrected chi connectivity index (χ3v) is 7.69. The second-order valence-corrected chi connectivity index (χ2v) is 9.46. The van der Waals surface area contributed by atoms with Crippen LogP contribution in [-0.2, 0) is 22.4 Å². The first kappa shape index (κ1) is 19.4. The highest BCUT2D eigenvalue weighted by molar-refractivity contribution is 7.17. The van der Waals surface area contributed by atoms with Crippen molar-refractivity contribution in [2.45, 2.75) is 76.7 Å². The number of nitrogens with zero attached hydrogens (tertiary/aromatic N) is 1. The van der Waals surface area contributed by atoms with Gasteiger partial charge in [-0.1, -0.05) is 19.3 Å². The molecule has 0 atom stereocenters. The van der Waals surface area contributed by atoms with E-state index in [0.29, 0.717) is 10.6 Å². The third kappa shape index (κ3) is 3.81. The van der Waals surface area contributed by atoms with E-state index in [1.54, 1.807) is 0 Å². The maximum atomic E-state index is 12.9. The largest absolute Gasteiger partial charge is 0.365 e. The van der Waals surface area contributed by atoms with Gasteiger partial charge in [0.1, 0.15) is 11.5 Å². The van der Waals surface area contributed by atoms with E-state index in [4.69, 9.17) is 5.73 Å². The van der Waals surface area contributed by atoms with Gasteiger partial charge in [0.2, 0.25) is 11.8 Å². The second-order valence-electron chi connectivity index (χ2n) is 8.36. The third-order valence-electron chi connectivity index (χ3n) is 6.49. The molecule has 0 aliphatic heterocycles. The van der Waals surface area contributed by atoms with Gasteiger partial charge in [-0.25, -0.2) is 0 Å². The summed E-state index contributed by atoms with van der Waals surface area (Å²) >= 11 is 1.47. The van der Waals surface area contributed by atoms with Gasteiger partial charge in [-0.3, -0.25) is 14.4 Å². The maximum absolute atomic E-state index is 12.9. The minimum atomic E-state index is -0.479. The zero-order valence-corrected chi connectivity index (χ0v) is 17.1. The Kier molecular flexibility index (Phi) is 5.71. The molecule has 6 nitrogen and oxygen atoms in total. The standard InChI is InChI=1S/C21H29N3O3S/c22-19(26)18-15-10-3-4-11-16(15)28-20(18)23-17(25)12-24(14-8-1-2-9-14)21(27)13-6-5-7-13/h13-14H,1-12H2,(H2,22,26)(H,23,25). The molecule has 2 saturated carbocycles. The molecule has 2 fully saturated rings. The van der Waals surface area contributed by atoms with Gasteiger partial charge in [0.15, 0.2) is 0 Å². The first-order valence-corrected chi connectivity index (χ1v) is 11.4. The van der Waals surface area contributed by atoms with E-state index in [0.717, 1.165) is 81.1 Å². The Morgan fingerprint density at radius 1 is 1.00 bits per heavy atom. The molecule has 0 radical (unpaired) electrons. The van der Waals surface area contributed by atoms with Crippen molar-refractivity contribution in [1.82, 2.24) is 4.90 Å². The zero-order valence-electron chi connectivity index (χ0n) is 16.3. The van der Waals surface area contributed by atoms with Crippen LogP contribution < -0.4 is 11.1 Å². The van der Waals surface area contributed by atoms with Crippen molar-refractivity contribution in [1.29, 1.82) is 0 Å². The number of amides is 3. The summed E-state index contributed by atoms with van der Waals surface area (Å²) in [5, 5.41) is 3.48. The number of rotatable bonds is 6. The van der Waals surface area contributed by atoms with Gasteiger partial charge >= 0.3 is 0 Å². The summed E-state index contributed by atoms with van der Waals surface area (Å²) in [6.07, 6.45) is 11.1. The van der Waals surface area contributed by atoms with Gasteiger partial charge < -0.3 is 16.0 Å². The quantitative estimate of drug-likeness (QED) is 0.764. The molecule has 1 heterocycles. The summed E-state index contributed by atoms with van der Waals surface area (Å²) < 4.78 is 0. The molecule has 0 bridgehead atoms. The van der Waals surface area contributed by atoms with E-state index < -0.39 is 5.91 Å². The Morgan fingerprint density at radius 2 is 1.71 bits per heavy atom. The van der Waals surface area contributed by atoms with Crippen molar-refractivity contribution in [3.63, 3.8) is 0 Å². The number of nitrogens with two attached hydrogens (primary N) is 1. The summed E-state index contributed by atoms with van der Waals surface area (Å²) in [4.78, 5) is 40.8. The van der Waals surface area contributed by atoms with E-state index in [9.17, 15) is 14.4 Å². The monoisotopic (exact) mass is 403 g/mol. The average molecular weight is 404 g/mol. The number of carbonyl (C=O) groups excluding carboxylic acids is 3. The average Bonchev–Trinajstić information content (AvgIpc) is 3.25. The molecule has 3 amide bonds. The Bertz CT molecular complexity index is 778. The lowest BCUT2D eigenvalue weighted by Crippen LogP contribution is -2.47. The number of primary amides is 1. The van der Waals surface area contributed by atoms with Crippen molar-refractivity contribution in [3.05, 3.63) is 16.0 Å². The Hall–Kier alpha value is -1.89. The minimum absolute atomic E-state index is 0.0702. The highest BCUT2D eigenvalue weighted by Gasteiger charge is 2.35. The van der Waals surface area contributed by atoms with E-state index in [-0.39, 0.29) is 30.3 Å². The van der Waals surface area contributed by atoms with Crippen molar-refractivity contribution in [3.8, 4) is 0 Å². The highest BCUT2D eigenvalue weighted by Crippen LogP contribution is 2.38. The Morgan fingerprint density at radius 3 is 2.36 bits per heavy atom. The molecule has 3 N–H and O–H groups in total. The summed E-state index contributed by atoms with van der Waals surface area (Å²) in [6.45, 7) is 0.0702. The zero-order chi connectivity index (χ0) is 19.7. The van der Waals surface area contributed by atoms with Crippen LogP contribution in [0.1, 0.15) is 78.6 Å². The number of nitrogens with one attached hydrogen (secondary N) is 1. The molecule has 3 aliphatic carbocycles. The fourth-order valence-electron chi connectivity index (χ4n) is 4.73. The van der Waals surface area contributed by atoms with Gasteiger partial charge in [-0.2, -0.15) is 0 Å². The first-order valence-electron chi connectivity index (χ1n) is 10.6. The van der Waals surface area contributed by atoms with Crippen LogP contribution in [0.15, 0.2) is 0 Å². The van der Waals surface area contributed by atoms with Gasteiger partial charge in [0, 0.05) is 16.8 Å². The molecule has 0 saturated heterocycles. The second kappa shape index (κ2) is 8.23. The lowest BCUT2D eigenvalue weighted by atomic mass is 9.84. The summed E-state index contributed by atoms with van der Waals surface area (Å²) in [5.74, 6) is -0.480. The van der Waals surface area contributed by atoms with Gasteiger partial charge in [-0.05, 0) is 56.9 Å². The van der Waals surface area contributed by atoms with Gasteiger partial charge in [0.25, 0.3) is 5.91 Å². The van der Waals surface area contributed by atoms with Crippen molar-refractivity contribution in [2.24, 2.45) is 11.7 Å². The van der Waals surface area contributed by atoms with Crippen LogP contribution in [0.4, 0.5) is 5.00 Å². The van der Waals surface area contributed by atoms with Crippen LogP contribution >= 0.6 is 11.3 Å². The molecule has 28 heavy (non-hydrogen) atoms. The minimum Gasteiger partial charge on any atom is -0.365 e. The molecule has 7 heteroatoms. The predicted octanol–water partition coefficient (Wildman–Crippen LogP) is 3.24. The number of thiophene rings is 1. The van der Waals surface area contributed by atoms with Crippen molar-refractivity contribution >= 4 is 34.1 Å². The van der Waals surface area contributed by atoms with Crippen LogP contribution in [0.25, 0.3) is 0 Å². The lowest BCUT2D eigenvalue weighted by molar-refractivity contribution is -0.143. The molecule has 0 aromatic carbocycles. The normalized spacial score (nSPS) is 19.7. The number of anilines is 1. The van der Waals surface area contributed by atoms with E-state index in [1.165, 1.54) is 11.3 Å². The molecule has 152 valence electrons. The molecule has 0 spiro atoms. The Labute approximate surface area is 169 Å². The van der Waals surface area contributed by atoms with E-state index in [1.807, 2.05) is 4.90 Å². The predicted molar refractivity (Wildman–Crippen MR) is 109 cm³/mol. The van der Waals surface area contributed by atoms with Crippen molar-refractivity contribution < 1.29 is 14.4 Å². The SMILES string of the molecule is NC(=O)c1c(NC(=O)CN(C(=O)C2CCC2)C2CCCC2)sc2c1CCCC2. The first-order chi connectivity index (χ1) is 13.5. The number of fused-ring (bicyclic) bond motifs is 1. The van der Waals surface area contributed by atoms with Gasteiger partial charge in [0.05, 0.1) is 5.56 Å². The van der Waals surface area contributed by atoms with Crippen molar-refractivity contribution in [2.75, 3.05) is 11.9 Å². The van der Waals surface area contributed by atoms with Crippen LogP contribution in [0.3, 0.4) is 0 Å². The van der Waals surface area contributed by atoms with Gasteiger partial charge in [-0.15, -0.1) is 11.3 Å². The molecule has 4 rings (SSSR count). The van der Waals surface area contributed by atoms with Crippen LogP contribution in [0.5, 0.6) is 0 Å². The molecular weight excluding hydrogens is 374 g/mol. The van der Waals surface area contributed by atoms with Crippen LogP contribution in [0, 0.1) is 5.92 Å². The summed E-state index contributed by atoms with van der Waals surface area (Å²) in [5.41, 5.74) is 7.11. The smallest absolute Gasteiger partial charge is 0.251 e. The summed E-state index contributed by atoms with van der Waals surface area (Å²) in [6, 6.07) is 0.172. The van der Waals surface area contributed by atoms with E-state index >= 15 is 0 Å². The molecule has 3 aliphatic rings. The van der Waals surface area contributed by atoms with Crippen LogP contribution in [-0.4, -0.2) is 35.2 Å². The molecular formula is C21H29N3O3S. The number of hydrogen-bond donors (Lipinski definition) is 2. The maximum Gasteiger partial charge on any atom is 0.251 e. The number of hydrogen-bond acceptors (Lipinski definition) is 4. The van der Waals surface area contributed by atoms with Crippen LogP contribution in [0.2, 0.25) is 0 Å². The topological polar surface area (TPSA) is 92.5 Å². The number of carbonyl (C=O) groups is 3. The molecule has 1 aromatic rings. The fraction of sp³-hybridized carbons (Fsp3) is 0.667.